The smallest absolute Gasteiger partial charge is 0.203 e. The summed E-state index contributed by atoms with van der Waals surface area (Å²) >= 11 is 12.4. The van der Waals surface area contributed by atoms with Crippen molar-refractivity contribution in [3.63, 3.8) is 0 Å². The molecule has 0 aliphatic rings. The highest BCUT2D eigenvalue weighted by molar-refractivity contribution is 7.10. The van der Waals surface area contributed by atoms with Crippen molar-refractivity contribution >= 4 is 34.7 Å². The minimum Gasteiger partial charge on any atom is -0.208 e. The molecule has 0 aliphatic carbocycles. The van der Waals surface area contributed by atoms with E-state index in [4.69, 9.17) is 23.2 Å². The molecular formula is C9H5Cl2FN2S. The maximum absolute atomic E-state index is 13.5. The van der Waals surface area contributed by atoms with Crippen molar-refractivity contribution < 1.29 is 4.39 Å². The molecule has 0 amide bonds. The Bertz CT molecular complexity index is 487. The lowest BCUT2D eigenvalue weighted by atomic mass is 10.1. The first kappa shape index (κ1) is 10.8. The minimum atomic E-state index is -0.426. The quantitative estimate of drug-likeness (QED) is 0.827. The third-order valence-corrected chi connectivity index (χ3v) is 2.95. The number of hydrogen-bond acceptors (Lipinski definition) is 3. The van der Waals surface area contributed by atoms with Crippen LogP contribution < -0.4 is 0 Å². The lowest BCUT2D eigenvalue weighted by molar-refractivity contribution is 0.613. The third kappa shape index (κ3) is 2.45. The Kier molecular flexibility index (Phi) is 3.19. The van der Waals surface area contributed by atoms with Crippen molar-refractivity contribution in [2.75, 3.05) is 0 Å². The monoisotopic (exact) mass is 262 g/mol. The first-order chi connectivity index (χ1) is 7.16. The molecule has 2 rings (SSSR count). The van der Waals surface area contributed by atoms with E-state index in [9.17, 15) is 4.39 Å². The summed E-state index contributed by atoms with van der Waals surface area (Å²) in [7, 11) is 0. The Morgan fingerprint density at radius 1 is 1.33 bits per heavy atom. The molecule has 0 aliphatic heterocycles. The second kappa shape index (κ2) is 4.43. The van der Waals surface area contributed by atoms with Crippen molar-refractivity contribution in [1.82, 2.24) is 9.36 Å². The van der Waals surface area contributed by atoms with Crippen LogP contribution in [-0.2, 0) is 6.42 Å². The molecule has 0 saturated heterocycles. The number of aromatic nitrogens is 2. The highest BCUT2D eigenvalue weighted by Gasteiger charge is 2.09. The predicted molar refractivity (Wildman–Crippen MR) is 59.1 cm³/mol. The standard InChI is InChI=1S/C9H5Cl2FN2S/c10-6-3-1-2-5(8(6)12)4-7-13-9(11)15-14-7/h1-3H,4H2. The largest absolute Gasteiger partial charge is 0.208 e. The van der Waals surface area contributed by atoms with Gasteiger partial charge < -0.3 is 0 Å². The van der Waals surface area contributed by atoms with E-state index in [0.717, 1.165) is 11.5 Å². The Morgan fingerprint density at radius 2 is 2.13 bits per heavy atom. The van der Waals surface area contributed by atoms with Gasteiger partial charge in [-0.2, -0.15) is 4.37 Å². The van der Waals surface area contributed by atoms with E-state index in [-0.39, 0.29) is 5.02 Å². The molecule has 0 radical (unpaired) electrons. The van der Waals surface area contributed by atoms with Crippen LogP contribution in [0, 0.1) is 5.82 Å². The first-order valence-corrected chi connectivity index (χ1v) is 5.60. The molecule has 0 saturated carbocycles. The summed E-state index contributed by atoms with van der Waals surface area (Å²) in [5, 5.41) is 0.105. The fourth-order valence-electron chi connectivity index (χ4n) is 1.16. The molecule has 1 aromatic carbocycles. The van der Waals surface area contributed by atoms with E-state index in [1.165, 1.54) is 6.07 Å². The van der Waals surface area contributed by atoms with Crippen LogP contribution in [0.1, 0.15) is 11.4 Å². The van der Waals surface area contributed by atoms with Gasteiger partial charge in [0.25, 0.3) is 0 Å². The van der Waals surface area contributed by atoms with Gasteiger partial charge in [0, 0.05) is 6.42 Å². The molecular weight excluding hydrogens is 258 g/mol. The molecule has 0 spiro atoms. The van der Waals surface area contributed by atoms with Crippen molar-refractivity contribution in [3.8, 4) is 0 Å². The average molecular weight is 263 g/mol. The predicted octanol–water partition coefficient (Wildman–Crippen LogP) is 3.57. The molecule has 0 fully saturated rings. The van der Waals surface area contributed by atoms with Gasteiger partial charge in [0.1, 0.15) is 11.6 Å². The van der Waals surface area contributed by atoms with Crippen LogP contribution in [0.4, 0.5) is 4.39 Å². The maximum atomic E-state index is 13.5. The summed E-state index contributed by atoms with van der Waals surface area (Å²) in [5.74, 6) is 0.0799. The van der Waals surface area contributed by atoms with Gasteiger partial charge in [-0.3, -0.25) is 0 Å². The van der Waals surface area contributed by atoms with E-state index in [1.54, 1.807) is 12.1 Å². The molecule has 0 bridgehead atoms. The van der Waals surface area contributed by atoms with Gasteiger partial charge in [0.2, 0.25) is 4.47 Å². The normalized spacial score (nSPS) is 10.6. The lowest BCUT2D eigenvalue weighted by Crippen LogP contribution is -1.94. The number of benzene rings is 1. The van der Waals surface area contributed by atoms with Crippen LogP contribution in [0.25, 0.3) is 0 Å². The Labute approximate surface area is 99.8 Å². The molecule has 0 unspecified atom stereocenters. The highest BCUT2D eigenvalue weighted by Crippen LogP contribution is 2.20. The SMILES string of the molecule is Fc1c(Cl)cccc1Cc1nsc(Cl)n1. The second-order valence-electron chi connectivity index (χ2n) is 2.85. The average Bonchev–Trinajstić information content (AvgIpc) is 2.59. The second-order valence-corrected chi connectivity index (χ2v) is 4.59. The molecule has 0 N–H and O–H groups in total. The van der Waals surface area contributed by atoms with E-state index in [0.29, 0.717) is 22.3 Å². The van der Waals surface area contributed by atoms with Gasteiger partial charge in [-0.25, -0.2) is 9.37 Å². The van der Waals surface area contributed by atoms with Crippen molar-refractivity contribution in [1.29, 1.82) is 0 Å². The van der Waals surface area contributed by atoms with E-state index in [2.05, 4.69) is 9.36 Å². The summed E-state index contributed by atoms with van der Waals surface area (Å²) in [6.45, 7) is 0. The van der Waals surface area contributed by atoms with Crippen LogP contribution in [0.15, 0.2) is 18.2 Å². The molecule has 6 heteroatoms. The number of nitrogens with zero attached hydrogens (tertiary/aromatic N) is 2. The van der Waals surface area contributed by atoms with Gasteiger partial charge in [-0.15, -0.1) is 0 Å². The molecule has 0 atom stereocenters. The molecule has 78 valence electrons. The summed E-state index contributed by atoms with van der Waals surface area (Å²) in [5.41, 5.74) is 0.469. The molecule has 1 aromatic heterocycles. The zero-order valence-corrected chi connectivity index (χ0v) is 9.70. The Morgan fingerprint density at radius 3 is 2.80 bits per heavy atom. The summed E-state index contributed by atoms with van der Waals surface area (Å²) in [6.07, 6.45) is 0.301. The Hall–Kier alpha value is -0.710. The topological polar surface area (TPSA) is 25.8 Å². The minimum absolute atomic E-state index is 0.105. The van der Waals surface area contributed by atoms with Crippen LogP contribution in [0.2, 0.25) is 9.49 Å². The van der Waals surface area contributed by atoms with Crippen LogP contribution in [-0.4, -0.2) is 9.36 Å². The summed E-state index contributed by atoms with van der Waals surface area (Å²) < 4.78 is 17.8. The van der Waals surface area contributed by atoms with Gasteiger partial charge in [0.05, 0.1) is 5.02 Å². The number of halogens is 3. The fourth-order valence-corrected chi connectivity index (χ4v) is 1.99. The van der Waals surface area contributed by atoms with E-state index < -0.39 is 5.82 Å². The van der Waals surface area contributed by atoms with Gasteiger partial charge in [-0.05, 0) is 34.8 Å². The van der Waals surface area contributed by atoms with Gasteiger partial charge in [0.15, 0.2) is 0 Å². The first-order valence-electron chi connectivity index (χ1n) is 4.08. The van der Waals surface area contributed by atoms with Crippen molar-refractivity contribution in [2.24, 2.45) is 0 Å². The zero-order valence-electron chi connectivity index (χ0n) is 7.38. The summed E-state index contributed by atoms with van der Waals surface area (Å²) in [6, 6.07) is 4.84. The lowest BCUT2D eigenvalue weighted by Gasteiger charge is -2.00. The van der Waals surface area contributed by atoms with Crippen LogP contribution in [0.3, 0.4) is 0 Å². The van der Waals surface area contributed by atoms with Crippen molar-refractivity contribution in [2.45, 2.75) is 6.42 Å². The third-order valence-electron chi connectivity index (χ3n) is 1.82. The molecule has 2 aromatic rings. The van der Waals surface area contributed by atoms with Gasteiger partial charge >= 0.3 is 0 Å². The maximum Gasteiger partial charge on any atom is 0.203 e. The number of rotatable bonds is 2. The zero-order chi connectivity index (χ0) is 10.8. The molecule has 2 nitrogen and oxygen atoms in total. The van der Waals surface area contributed by atoms with E-state index >= 15 is 0 Å². The van der Waals surface area contributed by atoms with Gasteiger partial charge in [-0.1, -0.05) is 23.7 Å². The number of hydrogen-bond donors (Lipinski definition) is 0. The summed E-state index contributed by atoms with van der Waals surface area (Å²) in [4.78, 5) is 3.94. The van der Waals surface area contributed by atoms with Crippen LogP contribution in [0.5, 0.6) is 0 Å². The Balaban J connectivity index is 2.28. The van der Waals surface area contributed by atoms with Crippen molar-refractivity contribution in [3.05, 3.63) is 44.9 Å². The van der Waals surface area contributed by atoms with E-state index in [1.807, 2.05) is 0 Å². The molecule has 1 heterocycles. The fraction of sp³-hybridized carbons (Fsp3) is 0.111. The molecule has 15 heavy (non-hydrogen) atoms. The van der Waals surface area contributed by atoms with Crippen LogP contribution >= 0.6 is 34.7 Å². The highest BCUT2D eigenvalue weighted by atomic mass is 35.5.